The lowest BCUT2D eigenvalue weighted by molar-refractivity contribution is 0.0289. The molecule has 1 amide bonds. The molecule has 17 heavy (non-hydrogen) atoms. The first-order valence-corrected chi connectivity index (χ1v) is 6.01. The van der Waals surface area contributed by atoms with Crippen molar-refractivity contribution in [2.75, 3.05) is 13.1 Å². The van der Waals surface area contributed by atoms with Crippen LogP contribution in [-0.4, -0.2) is 41.8 Å². The number of hydrogen-bond acceptors (Lipinski definition) is 4. The van der Waals surface area contributed by atoms with Crippen molar-refractivity contribution in [3.8, 4) is 6.07 Å². The molecule has 2 rings (SSSR count). The molecule has 0 aromatic carbocycles. The highest BCUT2D eigenvalue weighted by Gasteiger charge is 2.48. The maximum absolute atomic E-state index is 11.9. The monoisotopic (exact) mass is 237 g/mol. The van der Waals surface area contributed by atoms with E-state index in [9.17, 15) is 4.79 Å². The van der Waals surface area contributed by atoms with Gasteiger partial charge in [-0.15, -0.1) is 0 Å². The minimum Gasteiger partial charge on any atom is -0.444 e. The summed E-state index contributed by atoms with van der Waals surface area (Å²) >= 11 is 0. The third kappa shape index (κ3) is 2.52. The molecule has 0 aromatic heterocycles. The molecule has 0 aliphatic carbocycles. The van der Waals surface area contributed by atoms with Crippen LogP contribution in [0.4, 0.5) is 4.79 Å². The molecule has 2 heterocycles. The molecule has 0 spiro atoms. The predicted molar refractivity (Wildman–Crippen MR) is 62.2 cm³/mol. The normalized spacial score (nSPS) is 31.4. The Morgan fingerprint density at radius 1 is 1.53 bits per heavy atom. The number of nitrogens with one attached hydrogen (secondary N) is 1. The Balaban J connectivity index is 1.87. The van der Waals surface area contributed by atoms with Crippen LogP contribution in [0.25, 0.3) is 0 Å². The van der Waals surface area contributed by atoms with Crippen molar-refractivity contribution in [1.29, 1.82) is 5.26 Å². The summed E-state index contributed by atoms with van der Waals surface area (Å²) in [4.78, 5) is 13.6. The van der Waals surface area contributed by atoms with Crippen LogP contribution in [0.5, 0.6) is 0 Å². The summed E-state index contributed by atoms with van der Waals surface area (Å²) in [6.45, 7) is 7.01. The van der Waals surface area contributed by atoms with Crippen molar-refractivity contribution in [3.63, 3.8) is 0 Å². The Labute approximate surface area is 102 Å². The molecular weight excluding hydrogens is 218 g/mol. The third-order valence-corrected chi connectivity index (χ3v) is 3.27. The van der Waals surface area contributed by atoms with Crippen LogP contribution in [0.1, 0.15) is 27.2 Å². The average Bonchev–Trinajstić information content (AvgIpc) is 2.50. The minimum atomic E-state index is -0.446. The second-order valence-corrected chi connectivity index (χ2v) is 5.79. The van der Waals surface area contributed by atoms with Gasteiger partial charge in [-0.05, 0) is 20.8 Å². The number of nitrogens with zero attached hydrogens (tertiary/aromatic N) is 2. The van der Waals surface area contributed by atoms with E-state index < -0.39 is 5.60 Å². The van der Waals surface area contributed by atoms with Gasteiger partial charge in [-0.1, -0.05) is 0 Å². The van der Waals surface area contributed by atoms with Crippen LogP contribution in [0.15, 0.2) is 0 Å². The van der Waals surface area contributed by atoms with Gasteiger partial charge in [0.05, 0.1) is 12.5 Å². The van der Waals surface area contributed by atoms with Crippen molar-refractivity contribution in [1.82, 2.24) is 10.2 Å². The summed E-state index contributed by atoms with van der Waals surface area (Å²) in [5.74, 6) is 0.419. The summed E-state index contributed by atoms with van der Waals surface area (Å²) in [7, 11) is 0. The zero-order chi connectivity index (χ0) is 12.6. The van der Waals surface area contributed by atoms with Crippen molar-refractivity contribution >= 4 is 6.09 Å². The van der Waals surface area contributed by atoms with Gasteiger partial charge in [-0.2, -0.15) is 5.26 Å². The number of ether oxygens (including phenoxy) is 1. The molecule has 2 aliphatic rings. The van der Waals surface area contributed by atoms with Gasteiger partial charge in [0.2, 0.25) is 0 Å². The lowest BCUT2D eigenvalue weighted by Crippen LogP contribution is -2.60. The van der Waals surface area contributed by atoms with Crippen LogP contribution in [0.3, 0.4) is 0 Å². The fourth-order valence-corrected chi connectivity index (χ4v) is 2.48. The van der Waals surface area contributed by atoms with Gasteiger partial charge < -0.3 is 15.0 Å². The van der Waals surface area contributed by atoms with Crippen molar-refractivity contribution < 1.29 is 9.53 Å². The topological polar surface area (TPSA) is 65.4 Å². The summed E-state index contributed by atoms with van der Waals surface area (Å²) in [6, 6.07) is 2.76. The van der Waals surface area contributed by atoms with Gasteiger partial charge in [0.25, 0.3) is 0 Å². The van der Waals surface area contributed by atoms with Crippen LogP contribution in [0, 0.1) is 17.2 Å². The van der Waals surface area contributed by atoms with Crippen molar-refractivity contribution in [3.05, 3.63) is 0 Å². The third-order valence-electron chi connectivity index (χ3n) is 3.27. The van der Waals surface area contributed by atoms with E-state index in [1.165, 1.54) is 0 Å². The van der Waals surface area contributed by atoms with Crippen molar-refractivity contribution in [2.45, 2.75) is 44.9 Å². The molecule has 0 aromatic rings. The largest absolute Gasteiger partial charge is 0.444 e. The number of rotatable bonds is 1. The maximum Gasteiger partial charge on any atom is 0.410 e. The fraction of sp³-hybridized carbons (Fsp3) is 0.833. The summed E-state index contributed by atoms with van der Waals surface area (Å²) in [6.07, 6.45) is 0.271. The van der Waals surface area contributed by atoms with Crippen LogP contribution < -0.4 is 5.32 Å². The Hall–Kier alpha value is -1.28. The number of fused-ring (bicyclic) bond motifs is 1. The van der Waals surface area contributed by atoms with E-state index in [1.807, 2.05) is 20.8 Å². The molecule has 1 N–H and O–H groups in total. The average molecular weight is 237 g/mol. The zero-order valence-electron chi connectivity index (χ0n) is 10.6. The number of amides is 1. The summed E-state index contributed by atoms with van der Waals surface area (Å²) in [5.41, 5.74) is -0.446. The molecule has 2 aliphatic heterocycles. The lowest BCUT2D eigenvalue weighted by Gasteiger charge is -2.39. The van der Waals surface area contributed by atoms with Crippen LogP contribution in [-0.2, 0) is 4.74 Å². The molecule has 2 fully saturated rings. The lowest BCUT2D eigenvalue weighted by atomic mass is 9.84. The number of nitriles is 1. The van der Waals surface area contributed by atoms with Gasteiger partial charge in [0.1, 0.15) is 5.60 Å². The van der Waals surface area contributed by atoms with Gasteiger partial charge in [0, 0.05) is 31.1 Å². The van der Waals surface area contributed by atoms with E-state index in [0.717, 1.165) is 0 Å². The number of carbonyl (C=O) groups excluding carboxylic acids is 1. The molecule has 5 heteroatoms. The summed E-state index contributed by atoms with van der Waals surface area (Å²) in [5, 5.41) is 12.0. The highest BCUT2D eigenvalue weighted by molar-refractivity contribution is 5.68. The molecule has 2 saturated heterocycles. The van der Waals surface area contributed by atoms with E-state index in [1.54, 1.807) is 4.90 Å². The van der Waals surface area contributed by atoms with E-state index in [2.05, 4.69) is 11.4 Å². The maximum atomic E-state index is 11.9. The van der Waals surface area contributed by atoms with Gasteiger partial charge >= 0.3 is 6.09 Å². The quantitative estimate of drug-likeness (QED) is 0.742. The molecule has 5 nitrogen and oxygen atoms in total. The Morgan fingerprint density at radius 2 is 2.24 bits per heavy atom. The Bertz CT molecular complexity index is 356. The minimum absolute atomic E-state index is 0.246. The Morgan fingerprint density at radius 3 is 2.82 bits per heavy atom. The van der Waals surface area contributed by atoms with Gasteiger partial charge in [-0.25, -0.2) is 4.79 Å². The van der Waals surface area contributed by atoms with Crippen LogP contribution in [0.2, 0.25) is 0 Å². The van der Waals surface area contributed by atoms with E-state index >= 15 is 0 Å². The second-order valence-electron chi connectivity index (χ2n) is 5.79. The zero-order valence-corrected chi connectivity index (χ0v) is 10.6. The second kappa shape index (κ2) is 4.19. The van der Waals surface area contributed by atoms with Crippen molar-refractivity contribution in [2.24, 2.45) is 5.92 Å². The molecule has 3 atom stereocenters. The first kappa shape index (κ1) is 12.2. The molecule has 0 bridgehead atoms. The van der Waals surface area contributed by atoms with E-state index in [-0.39, 0.29) is 12.1 Å². The molecular formula is C12H19N3O2. The highest BCUT2D eigenvalue weighted by Crippen LogP contribution is 2.31. The highest BCUT2D eigenvalue weighted by atomic mass is 16.6. The number of hydrogen-bond donors (Lipinski definition) is 1. The first-order valence-electron chi connectivity index (χ1n) is 6.01. The van der Waals surface area contributed by atoms with Gasteiger partial charge in [-0.3, -0.25) is 0 Å². The predicted octanol–water partition coefficient (Wildman–Crippen LogP) is 1.11. The summed E-state index contributed by atoms with van der Waals surface area (Å²) < 4.78 is 5.34. The van der Waals surface area contributed by atoms with E-state index in [0.29, 0.717) is 31.5 Å². The van der Waals surface area contributed by atoms with Gasteiger partial charge in [0.15, 0.2) is 0 Å². The van der Waals surface area contributed by atoms with Crippen LogP contribution >= 0.6 is 0 Å². The standard InChI is InChI=1S/C12H19N3O2/c1-12(2,3)17-11(16)15-6-8-9(4-5-13)14-10(8)7-15/h8-10,14H,4,6-7H2,1-3H3/t8-,9+,10-/m0/s1. The molecule has 94 valence electrons. The molecule has 0 unspecified atom stereocenters. The number of likely N-dealkylation sites (tertiary alicyclic amines) is 1. The van der Waals surface area contributed by atoms with E-state index in [4.69, 9.17) is 10.00 Å². The molecule has 0 saturated carbocycles. The Kier molecular flexibility index (Phi) is 3.00. The number of carbonyl (C=O) groups is 1. The fourth-order valence-electron chi connectivity index (χ4n) is 2.48. The SMILES string of the molecule is CC(C)(C)OC(=O)N1C[C@@H]2[C@H](C1)N[C@@H]2CC#N. The smallest absolute Gasteiger partial charge is 0.410 e. The first-order chi connectivity index (χ1) is 7.90. The molecule has 0 radical (unpaired) electrons.